The van der Waals surface area contributed by atoms with E-state index in [1.165, 1.54) is 18.4 Å². The molecule has 4 aromatic rings. The predicted octanol–water partition coefficient (Wildman–Crippen LogP) is 5.43. The number of carboxylic acids is 1. The topological polar surface area (TPSA) is 77.2 Å². The Labute approximate surface area is 184 Å². The first-order valence-electron chi connectivity index (χ1n) is 10.7. The second-order valence-corrected chi connectivity index (χ2v) is 8.47. The lowest BCUT2D eigenvalue weighted by Crippen LogP contribution is -2.03. The second-order valence-electron chi connectivity index (χ2n) is 8.47. The fourth-order valence-corrected chi connectivity index (χ4v) is 4.48. The number of carbonyl (C=O) groups is 1. The monoisotopic (exact) mass is 423 g/mol. The summed E-state index contributed by atoms with van der Waals surface area (Å²) in [7, 11) is 1.91. The van der Waals surface area contributed by atoms with E-state index in [4.69, 9.17) is 9.84 Å². The molecule has 0 bridgehead atoms. The Kier molecular flexibility index (Phi) is 4.15. The van der Waals surface area contributed by atoms with Crippen molar-refractivity contribution in [3.8, 4) is 11.5 Å². The lowest BCUT2D eigenvalue weighted by atomic mass is 10.0. The van der Waals surface area contributed by atoms with Gasteiger partial charge in [-0.2, -0.15) is 5.10 Å². The third kappa shape index (κ3) is 3.15. The molecule has 2 aromatic heterocycles. The number of carboxylic acid groups (broad SMARTS) is 1. The van der Waals surface area contributed by atoms with Gasteiger partial charge >= 0.3 is 5.97 Å². The summed E-state index contributed by atoms with van der Waals surface area (Å²) in [6, 6.07) is 15.9. The molecule has 6 rings (SSSR count). The van der Waals surface area contributed by atoms with Gasteiger partial charge in [0.1, 0.15) is 11.5 Å². The van der Waals surface area contributed by atoms with E-state index >= 15 is 0 Å². The molecule has 0 aliphatic heterocycles. The predicted molar refractivity (Wildman–Crippen MR) is 122 cm³/mol. The van der Waals surface area contributed by atoms with Gasteiger partial charge in [0.05, 0.1) is 22.5 Å². The van der Waals surface area contributed by atoms with Crippen molar-refractivity contribution >= 4 is 28.5 Å². The quantitative estimate of drug-likeness (QED) is 0.463. The molecule has 6 nitrogen and oxygen atoms in total. The van der Waals surface area contributed by atoms with Crippen LogP contribution in [0.2, 0.25) is 0 Å². The highest BCUT2D eigenvalue weighted by molar-refractivity contribution is 6.00. The number of benzene rings is 2. The van der Waals surface area contributed by atoms with Crippen LogP contribution < -0.4 is 4.74 Å². The van der Waals surface area contributed by atoms with Crippen LogP contribution in [-0.4, -0.2) is 25.8 Å². The van der Waals surface area contributed by atoms with Crippen molar-refractivity contribution in [3.05, 3.63) is 82.8 Å². The third-order valence-electron chi connectivity index (χ3n) is 6.29. The fraction of sp³-hybridized carbons (Fsp3) is 0.192. The van der Waals surface area contributed by atoms with Gasteiger partial charge < -0.3 is 9.84 Å². The molecular weight excluding hydrogens is 402 g/mol. The number of fused-ring (bicyclic) bond motifs is 2. The average Bonchev–Trinajstić information content (AvgIpc) is 3.47. The minimum absolute atomic E-state index is 0.296. The molecule has 0 atom stereocenters. The van der Waals surface area contributed by atoms with Crippen LogP contribution in [-0.2, 0) is 13.5 Å². The summed E-state index contributed by atoms with van der Waals surface area (Å²) < 4.78 is 7.93. The molecule has 2 aliphatic rings. The number of aryl methyl sites for hydroxylation is 1. The number of nitrogens with zero attached hydrogens (tertiary/aromatic N) is 3. The van der Waals surface area contributed by atoms with Crippen LogP contribution in [0.3, 0.4) is 0 Å². The Morgan fingerprint density at radius 2 is 1.88 bits per heavy atom. The summed E-state index contributed by atoms with van der Waals surface area (Å²) in [4.78, 5) is 15.9. The van der Waals surface area contributed by atoms with E-state index in [1.807, 2.05) is 48.1 Å². The highest BCUT2D eigenvalue weighted by Gasteiger charge is 2.25. The Balaban J connectivity index is 1.30. The van der Waals surface area contributed by atoms with E-state index in [0.29, 0.717) is 17.7 Å². The van der Waals surface area contributed by atoms with E-state index in [1.54, 1.807) is 12.3 Å². The molecule has 0 amide bonds. The molecule has 2 aliphatic carbocycles. The molecule has 6 heteroatoms. The van der Waals surface area contributed by atoms with Gasteiger partial charge in [-0.15, -0.1) is 0 Å². The van der Waals surface area contributed by atoms with Crippen LogP contribution in [0.25, 0.3) is 22.6 Å². The third-order valence-corrected chi connectivity index (χ3v) is 6.29. The average molecular weight is 423 g/mol. The maximum Gasteiger partial charge on any atom is 0.336 e. The van der Waals surface area contributed by atoms with Gasteiger partial charge in [0.2, 0.25) is 0 Å². The van der Waals surface area contributed by atoms with Gasteiger partial charge in [-0.25, -0.2) is 4.79 Å². The van der Waals surface area contributed by atoms with Crippen molar-refractivity contribution < 1.29 is 14.6 Å². The zero-order chi connectivity index (χ0) is 21.8. The maximum absolute atomic E-state index is 11.6. The highest BCUT2D eigenvalue weighted by Crippen LogP contribution is 2.41. The summed E-state index contributed by atoms with van der Waals surface area (Å²) in [6.45, 7) is 0. The number of hydrogen-bond acceptors (Lipinski definition) is 4. The van der Waals surface area contributed by atoms with E-state index in [9.17, 15) is 9.90 Å². The molecule has 1 saturated carbocycles. The molecule has 2 aromatic carbocycles. The van der Waals surface area contributed by atoms with E-state index < -0.39 is 5.97 Å². The molecule has 0 spiro atoms. The minimum atomic E-state index is -0.934. The number of aromatic carboxylic acids is 1. The van der Waals surface area contributed by atoms with E-state index in [-0.39, 0.29) is 0 Å². The summed E-state index contributed by atoms with van der Waals surface area (Å²) in [5.74, 6) is 1.37. The van der Waals surface area contributed by atoms with Crippen molar-refractivity contribution in [3.63, 3.8) is 0 Å². The first-order chi connectivity index (χ1) is 15.6. The van der Waals surface area contributed by atoms with Crippen LogP contribution in [0.4, 0.5) is 0 Å². The highest BCUT2D eigenvalue weighted by atomic mass is 16.5. The van der Waals surface area contributed by atoms with Crippen molar-refractivity contribution in [2.45, 2.75) is 25.2 Å². The van der Waals surface area contributed by atoms with Gasteiger partial charge in [0.25, 0.3) is 0 Å². The van der Waals surface area contributed by atoms with Gasteiger partial charge in [0.15, 0.2) is 0 Å². The zero-order valence-electron chi connectivity index (χ0n) is 17.6. The first kappa shape index (κ1) is 18.8. The van der Waals surface area contributed by atoms with Crippen LogP contribution in [0.5, 0.6) is 11.5 Å². The summed E-state index contributed by atoms with van der Waals surface area (Å²) >= 11 is 0. The van der Waals surface area contributed by atoms with Crippen LogP contribution in [0, 0.1) is 0 Å². The van der Waals surface area contributed by atoms with Crippen molar-refractivity contribution in [1.82, 2.24) is 14.8 Å². The number of rotatable bonds is 5. The number of pyridine rings is 1. The fourth-order valence-electron chi connectivity index (χ4n) is 4.48. The van der Waals surface area contributed by atoms with Crippen molar-refractivity contribution in [2.75, 3.05) is 0 Å². The number of hydrogen-bond donors (Lipinski definition) is 1. The summed E-state index contributed by atoms with van der Waals surface area (Å²) in [6.07, 6.45) is 6.56. The molecular formula is C26H21N3O3. The number of allylic oxidation sites excluding steroid dienone is 1. The van der Waals surface area contributed by atoms with Crippen molar-refractivity contribution in [1.29, 1.82) is 0 Å². The molecule has 0 unspecified atom stereocenters. The van der Waals surface area contributed by atoms with Crippen LogP contribution >= 0.6 is 0 Å². The molecule has 158 valence electrons. The lowest BCUT2D eigenvalue weighted by Gasteiger charge is -2.07. The molecule has 0 saturated heterocycles. The van der Waals surface area contributed by atoms with E-state index in [0.717, 1.165) is 45.2 Å². The molecule has 32 heavy (non-hydrogen) atoms. The van der Waals surface area contributed by atoms with Gasteiger partial charge in [-0.3, -0.25) is 9.67 Å². The van der Waals surface area contributed by atoms with Gasteiger partial charge in [-0.05, 0) is 71.9 Å². The Morgan fingerprint density at radius 1 is 1.09 bits per heavy atom. The van der Waals surface area contributed by atoms with E-state index in [2.05, 4.69) is 17.1 Å². The standard InChI is InChI=1S/C26H21N3O3/c1-29-24-14-19(32-18-6-4-16(5-7-18)15-2-3-15)8-9-21(24)25(28-29)17-12-22-20(26(30)31)10-11-27-23(22)13-17/h4-11,13-15H,2-3,12H2,1H3,(H,30,31). The van der Waals surface area contributed by atoms with Crippen molar-refractivity contribution in [2.24, 2.45) is 7.05 Å². The summed E-state index contributed by atoms with van der Waals surface area (Å²) in [5.41, 5.74) is 5.89. The molecule has 1 fully saturated rings. The Morgan fingerprint density at radius 3 is 2.62 bits per heavy atom. The first-order valence-corrected chi connectivity index (χ1v) is 10.7. The molecule has 1 N–H and O–H groups in total. The minimum Gasteiger partial charge on any atom is -0.478 e. The molecule has 0 radical (unpaired) electrons. The number of aromatic nitrogens is 3. The largest absolute Gasteiger partial charge is 0.478 e. The SMILES string of the molecule is Cn1nc(C2=Cc3nccc(C(=O)O)c3C2)c2ccc(Oc3ccc(C4CC4)cc3)cc21. The summed E-state index contributed by atoms with van der Waals surface area (Å²) in [5, 5.41) is 15.2. The molecule has 2 heterocycles. The lowest BCUT2D eigenvalue weighted by molar-refractivity contribution is 0.0695. The number of ether oxygens (including phenoxy) is 1. The van der Waals surface area contributed by atoms with Gasteiger partial charge in [0, 0.05) is 31.1 Å². The maximum atomic E-state index is 11.6. The van der Waals surface area contributed by atoms with Crippen LogP contribution in [0.15, 0.2) is 54.7 Å². The van der Waals surface area contributed by atoms with Crippen LogP contribution in [0.1, 0.15) is 51.6 Å². The Hall–Kier alpha value is -3.93. The normalized spacial score (nSPS) is 15.0. The van der Waals surface area contributed by atoms with Gasteiger partial charge in [-0.1, -0.05) is 12.1 Å². The second kappa shape index (κ2) is 7.05. The zero-order valence-corrected chi connectivity index (χ0v) is 17.6. The Bertz CT molecular complexity index is 1410. The smallest absolute Gasteiger partial charge is 0.336 e.